The summed E-state index contributed by atoms with van der Waals surface area (Å²) in [6, 6.07) is 14.3. The van der Waals surface area contributed by atoms with Gasteiger partial charge in [-0.3, -0.25) is 0 Å². The first-order valence-electron chi connectivity index (χ1n) is 11.8. The van der Waals surface area contributed by atoms with E-state index in [4.69, 9.17) is 30.5 Å². The molecule has 9 heteroatoms. The van der Waals surface area contributed by atoms with Gasteiger partial charge in [0.25, 0.3) is 0 Å². The van der Waals surface area contributed by atoms with Crippen LogP contribution in [0.2, 0.25) is 5.02 Å². The number of alkyl carbamates (subject to hydrolysis) is 1. The Kier molecular flexibility index (Phi) is 8.15. The van der Waals surface area contributed by atoms with Gasteiger partial charge in [-0.15, -0.1) is 0 Å². The Morgan fingerprint density at radius 2 is 1.83 bits per heavy atom. The molecular weight excluding hydrogens is 486 g/mol. The maximum absolute atomic E-state index is 13.4. The highest BCUT2D eigenvalue weighted by Gasteiger charge is 2.43. The number of hydrogen-bond donors (Lipinski definition) is 1. The van der Waals surface area contributed by atoms with Crippen molar-refractivity contribution in [3.05, 3.63) is 76.5 Å². The van der Waals surface area contributed by atoms with Gasteiger partial charge in [0.15, 0.2) is 6.10 Å². The number of carbonyl (C=O) groups is 3. The van der Waals surface area contributed by atoms with Gasteiger partial charge in [0.1, 0.15) is 23.7 Å². The number of cyclic esters (lactones) is 1. The number of nitrogens with one attached hydrogen (secondary N) is 1. The number of rotatable bonds is 8. The number of benzene rings is 2. The monoisotopic (exact) mass is 513 g/mol. The van der Waals surface area contributed by atoms with Crippen molar-refractivity contribution < 1.29 is 33.3 Å². The van der Waals surface area contributed by atoms with E-state index < -0.39 is 29.7 Å². The first-order valence-corrected chi connectivity index (χ1v) is 12.2. The van der Waals surface area contributed by atoms with E-state index in [1.54, 1.807) is 18.2 Å². The van der Waals surface area contributed by atoms with Crippen LogP contribution in [0.4, 0.5) is 4.79 Å². The molecule has 0 spiro atoms. The van der Waals surface area contributed by atoms with Crippen LogP contribution in [0.3, 0.4) is 0 Å². The summed E-state index contributed by atoms with van der Waals surface area (Å²) in [4.78, 5) is 37.6. The summed E-state index contributed by atoms with van der Waals surface area (Å²) in [7, 11) is 1.46. The van der Waals surface area contributed by atoms with E-state index in [1.165, 1.54) is 13.2 Å². The van der Waals surface area contributed by atoms with Crippen molar-refractivity contribution in [3.8, 4) is 5.75 Å². The summed E-state index contributed by atoms with van der Waals surface area (Å²) in [6.45, 7) is 0.0926. The quantitative estimate of drug-likeness (QED) is 0.397. The van der Waals surface area contributed by atoms with E-state index in [9.17, 15) is 14.4 Å². The van der Waals surface area contributed by atoms with Gasteiger partial charge in [0.05, 0.1) is 18.2 Å². The van der Waals surface area contributed by atoms with E-state index in [-0.39, 0.29) is 23.8 Å². The first-order chi connectivity index (χ1) is 17.4. The second-order valence-corrected chi connectivity index (χ2v) is 9.21. The van der Waals surface area contributed by atoms with Gasteiger partial charge in [0.2, 0.25) is 0 Å². The molecule has 1 atom stereocenters. The fourth-order valence-corrected chi connectivity index (χ4v) is 4.70. The third-order valence-electron chi connectivity index (χ3n) is 6.37. The number of ether oxygens (including phenoxy) is 4. The van der Waals surface area contributed by atoms with Crippen LogP contribution >= 0.6 is 11.6 Å². The van der Waals surface area contributed by atoms with Crippen LogP contribution in [0.5, 0.6) is 5.75 Å². The van der Waals surface area contributed by atoms with Gasteiger partial charge < -0.3 is 24.3 Å². The molecule has 2 aromatic rings. The molecule has 1 amide bonds. The van der Waals surface area contributed by atoms with Crippen LogP contribution in [0.15, 0.2) is 60.4 Å². The van der Waals surface area contributed by atoms with Gasteiger partial charge in [-0.25, -0.2) is 14.4 Å². The zero-order chi connectivity index (χ0) is 25.5. The highest BCUT2D eigenvalue weighted by Crippen LogP contribution is 2.35. The van der Waals surface area contributed by atoms with Gasteiger partial charge >= 0.3 is 18.0 Å². The van der Waals surface area contributed by atoms with Crippen LogP contribution in [-0.4, -0.2) is 36.8 Å². The molecule has 1 heterocycles. The van der Waals surface area contributed by atoms with Crippen molar-refractivity contribution in [2.45, 2.75) is 56.8 Å². The maximum Gasteiger partial charge on any atom is 0.408 e. The Bertz CT molecular complexity index is 1140. The molecule has 2 aliphatic rings. The molecule has 1 aliphatic heterocycles. The van der Waals surface area contributed by atoms with Crippen LogP contribution in [0.25, 0.3) is 0 Å². The molecule has 4 rings (SSSR count). The number of halogens is 1. The summed E-state index contributed by atoms with van der Waals surface area (Å²) < 4.78 is 21.6. The average molecular weight is 514 g/mol. The molecule has 0 aromatic heterocycles. The van der Waals surface area contributed by atoms with Crippen molar-refractivity contribution in [2.75, 3.05) is 7.11 Å². The zero-order valence-corrected chi connectivity index (χ0v) is 20.7. The lowest BCUT2D eigenvalue weighted by Crippen LogP contribution is -2.57. The predicted molar refractivity (Wildman–Crippen MR) is 131 cm³/mol. The second-order valence-electron chi connectivity index (χ2n) is 8.83. The Balaban J connectivity index is 1.45. The number of esters is 2. The molecule has 36 heavy (non-hydrogen) atoms. The molecule has 2 aromatic carbocycles. The van der Waals surface area contributed by atoms with Crippen LogP contribution in [0, 0.1) is 0 Å². The molecule has 1 fully saturated rings. The van der Waals surface area contributed by atoms with Gasteiger partial charge in [-0.1, -0.05) is 73.3 Å². The number of carbonyl (C=O) groups excluding carboxylic acids is 3. The minimum absolute atomic E-state index is 0.0926. The molecule has 1 aliphatic carbocycles. The lowest BCUT2D eigenvalue weighted by atomic mass is 9.81. The third kappa shape index (κ3) is 5.99. The van der Waals surface area contributed by atoms with Gasteiger partial charge in [0, 0.05) is 6.42 Å². The Morgan fingerprint density at radius 3 is 2.56 bits per heavy atom. The SMILES string of the molecule is COC1=CC(=O)OC1Cc1cccc(OC(=O)C2(NC(=O)OCc3ccccc3)CCCCC2)c1Cl. The Morgan fingerprint density at radius 1 is 1.08 bits per heavy atom. The second kappa shape index (κ2) is 11.5. The van der Waals surface area contributed by atoms with Crippen molar-refractivity contribution in [2.24, 2.45) is 0 Å². The number of amides is 1. The van der Waals surface area contributed by atoms with E-state index in [0.717, 1.165) is 24.8 Å². The largest absolute Gasteiger partial charge is 0.497 e. The van der Waals surface area contributed by atoms with E-state index in [0.29, 0.717) is 24.2 Å². The topological polar surface area (TPSA) is 100 Å². The average Bonchev–Trinajstić information content (AvgIpc) is 3.25. The fraction of sp³-hybridized carbons (Fsp3) is 0.370. The van der Waals surface area contributed by atoms with Crippen LogP contribution in [0.1, 0.15) is 43.2 Å². The van der Waals surface area contributed by atoms with E-state index in [2.05, 4.69) is 5.32 Å². The van der Waals surface area contributed by atoms with E-state index in [1.807, 2.05) is 30.3 Å². The van der Waals surface area contributed by atoms with Crippen molar-refractivity contribution in [1.29, 1.82) is 0 Å². The predicted octanol–water partition coefficient (Wildman–Crippen LogP) is 4.87. The molecule has 0 saturated heterocycles. The number of hydrogen-bond acceptors (Lipinski definition) is 7. The zero-order valence-electron chi connectivity index (χ0n) is 20.0. The highest BCUT2D eigenvalue weighted by molar-refractivity contribution is 6.33. The molecule has 0 radical (unpaired) electrons. The molecule has 8 nitrogen and oxygen atoms in total. The van der Waals surface area contributed by atoms with Crippen molar-refractivity contribution in [3.63, 3.8) is 0 Å². The summed E-state index contributed by atoms with van der Waals surface area (Å²) in [6.07, 6.45) is 3.61. The smallest absolute Gasteiger partial charge is 0.408 e. The Hall–Kier alpha value is -3.52. The molecule has 1 saturated carbocycles. The molecular formula is C27H28ClNO7. The maximum atomic E-state index is 13.4. The molecule has 0 bridgehead atoms. The van der Waals surface area contributed by atoms with E-state index >= 15 is 0 Å². The standard InChI is InChI=1S/C27H28ClNO7/c1-33-21-16-23(30)35-22(21)15-19-11-8-12-20(24(19)28)36-25(31)27(13-6-3-7-14-27)29-26(32)34-17-18-9-4-2-5-10-18/h2,4-5,8-12,16,22H,3,6-7,13-15,17H2,1H3,(H,29,32). The third-order valence-corrected chi connectivity index (χ3v) is 6.80. The minimum Gasteiger partial charge on any atom is -0.497 e. The van der Waals surface area contributed by atoms with Crippen LogP contribution < -0.4 is 10.1 Å². The van der Waals surface area contributed by atoms with Crippen molar-refractivity contribution >= 4 is 29.6 Å². The summed E-state index contributed by atoms with van der Waals surface area (Å²) >= 11 is 6.58. The summed E-state index contributed by atoms with van der Waals surface area (Å²) in [5.41, 5.74) is 0.256. The Labute approximate surface area is 214 Å². The fourth-order valence-electron chi connectivity index (χ4n) is 4.45. The lowest BCUT2D eigenvalue weighted by Gasteiger charge is -2.35. The molecule has 1 N–H and O–H groups in total. The molecule has 190 valence electrons. The summed E-state index contributed by atoms with van der Waals surface area (Å²) in [5, 5.41) is 3.00. The summed E-state index contributed by atoms with van der Waals surface area (Å²) in [5.74, 6) is -0.517. The van der Waals surface area contributed by atoms with Gasteiger partial charge in [-0.05, 0) is 30.0 Å². The van der Waals surface area contributed by atoms with Gasteiger partial charge in [-0.2, -0.15) is 0 Å². The van der Waals surface area contributed by atoms with Crippen molar-refractivity contribution in [1.82, 2.24) is 5.32 Å². The highest BCUT2D eigenvalue weighted by atomic mass is 35.5. The minimum atomic E-state index is -1.21. The molecule has 1 unspecified atom stereocenters. The normalized spacial score (nSPS) is 18.6. The lowest BCUT2D eigenvalue weighted by molar-refractivity contribution is -0.143. The number of methoxy groups -OCH3 is 1. The van der Waals surface area contributed by atoms with Crippen LogP contribution in [-0.2, 0) is 36.8 Å². The first kappa shape index (κ1) is 25.6.